The fourth-order valence-electron chi connectivity index (χ4n) is 1.11. The zero-order valence-corrected chi connectivity index (χ0v) is 8.18. The molecule has 2 nitrogen and oxygen atoms in total. The number of pyridine rings is 1. The highest BCUT2D eigenvalue weighted by molar-refractivity contribution is 6.16. The molecule has 1 rings (SSSR count). The molecule has 0 N–H and O–H groups in total. The van der Waals surface area contributed by atoms with Crippen LogP contribution >= 0.6 is 11.6 Å². The summed E-state index contributed by atoms with van der Waals surface area (Å²) < 4.78 is 24.9. The Hall–Kier alpha value is -1.03. The van der Waals surface area contributed by atoms with Gasteiger partial charge in [0.25, 0.3) is 6.43 Å². The van der Waals surface area contributed by atoms with Gasteiger partial charge < -0.3 is 0 Å². The Kier molecular flexibility index (Phi) is 3.52. The predicted octanol–water partition coefficient (Wildman–Crippen LogP) is 2.88. The van der Waals surface area contributed by atoms with Crippen molar-refractivity contribution in [1.82, 2.24) is 4.98 Å². The number of carbonyl (C=O) groups excluding carboxylic acids is 1. The van der Waals surface area contributed by atoms with Gasteiger partial charge in [0.1, 0.15) is 12.0 Å². The van der Waals surface area contributed by atoms with Crippen molar-refractivity contribution in [3.8, 4) is 0 Å². The first-order valence-corrected chi connectivity index (χ1v) is 4.43. The molecule has 0 aliphatic rings. The normalized spacial score (nSPS) is 10.6. The number of alkyl halides is 3. The standard InChI is InChI=1S/C9H8ClF2NO/c1-5-6(4-14)2-7(3-10)13-8(5)9(11)12/h2,4,9H,3H2,1H3. The second-order valence-corrected chi connectivity index (χ2v) is 3.03. The molecule has 0 bridgehead atoms. The van der Waals surface area contributed by atoms with Crippen LogP contribution in [0, 0.1) is 6.92 Å². The molecule has 14 heavy (non-hydrogen) atoms. The van der Waals surface area contributed by atoms with Crippen molar-refractivity contribution in [2.45, 2.75) is 19.2 Å². The van der Waals surface area contributed by atoms with E-state index >= 15 is 0 Å². The lowest BCUT2D eigenvalue weighted by molar-refractivity contribution is 0.112. The maximum atomic E-state index is 12.4. The summed E-state index contributed by atoms with van der Waals surface area (Å²) in [5, 5.41) is 0. The van der Waals surface area contributed by atoms with Crippen LogP contribution in [-0.4, -0.2) is 11.3 Å². The summed E-state index contributed by atoms with van der Waals surface area (Å²) in [4.78, 5) is 14.2. The second-order valence-electron chi connectivity index (χ2n) is 2.77. The highest BCUT2D eigenvalue weighted by atomic mass is 35.5. The molecule has 5 heteroatoms. The number of aromatic nitrogens is 1. The van der Waals surface area contributed by atoms with E-state index in [2.05, 4.69) is 4.98 Å². The summed E-state index contributed by atoms with van der Waals surface area (Å²) in [5.41, 5.74) is 0.342. The van der Waals surface area contributed by atoms with Gasteiger partial charge in [-0.2, -0.15) is 0 Å². The summed E-state index contributed by atoms with van der Waals surface area (Å²) in [5.74, 6) is 0.0147. The van der Waals surface area contributed by atoms with Crippen LogP contribution in [0.2, 0.25) is 0 Å². The Bertz CT molecular complexity index is 355. The Balaban J connectivity index is 3.34. The molecule has 0 aliphatic heterocycles. The van der Waals surface area contributed by atoms with Crippen molar-refractivity contribution in [2.75, 3.05) is 0 Å². The van der Waals surface area contributed by atoms with Gasteiger partial charge in [-0.25, -0.2) is 8.78 Å². The third kappa shape index (κ3) is 2.07. The molecule has 1 aromatic rings. The fraction of sp³-hybridized carbons (Fsp3) is 0.333. The summed E-state index contributed by atoms with van der Waals surface area (Å²) >= 11 is 5.46. The molecule has 0 fully saturated rings. The molecule has 0 radical (unpaired) electrons. The lowest BCUT2D eigenvalue weighted by Gasteiger charge is -2.07. The Labute approximate surface area is 84.9 Å². The van der Waals surface area contributed by atoms with Gasteiger partial charge in [0.05, 0.1) is 11.6 Å². The van der Waals surface area contributed by atoms with Crippen molar-refractivity contribution in [3.05, 3.63) is 28.6 Å². The maximum absolute atomic E-state index is 12.4. The molecule has 0 aliphatic carbocycles. The van der Waals surface area contributed by atoms with E-state index in [4.69, 9.17) is 11.6 Å². The van der Waals surface area contributed by atoms with E-state index in [0.717, 1.165) is 0 Å². The molecule has 0 atom stereocenters. The monoisotopic (exact) mass is 219 g/mol. The number of hydrogen-bond donors (Lipinski definition) is 0. The summed E-state index contributed by atoms with van der Waals surface area (Å²) in [7, 11) is 0. The van der Waals surface area contributed by atoms with Crippen LogP contribution in [0.5, 0.6) is 0 Å². The van der Waals surface area contributed by atoms with Crippen LogP contribution in [0.25, 0.3) is 0 Å². The van der Waals surface area contributed by atoms with E-state index in [9.17, 15) is 13.6 Å². The minimum absolute atomic E-state index is 0.0147. The highest BCUT2D eigenvalue weighted by Gasteiger charge is 2.16. The van der Waals surface area contributed by atoms with Crippen molar-refractivity contribution in [3.63, 3.8) is 0 Å². The van der Waals surface area contributed by atoms with Crippen LogP contribution in [0.1, 0.15) is 33.7 Å². The van der Waals surface area contributed by atoms with Crippen LogP contribution in [-0.2, 0) is 5.88 Å². The van der Waals surface area contributed by atoms with Gasteiger partial charge in [-0.15, -0.1) is 11.6 Å². The van der Waals surface area contributed by atoms with Crippen LogP contribution in [0.3, 0.4) is 0 Å². The number of nitrogens with zero attached hydrogens (tertiary/aromatic N) is 1. The first kappa shape index (κ1) is 11.0. The van der Waals surface area contributed by atoms with E-state index in [1.165, 1.54) is 13.0 Å². The molecule has 0 aromatic carbocycles. The highest BCUT2D eigenvalue weighted by Crippen LogP contribution is 2.23. The van der Waals surface area contributed by atoms with E-state index in [-0.39, 0.29) is 28.4 Å². The second kappa shape index (κ2) is 4.46. The predicted molar refractivity (Wildman–Crippen MR) is 48.9 cm³/mol. The van der Waals surface area contributed by atoms with Crippen molar-refractivity contribution >= 4 is 17.9 Å². The zero-order chi connectivity index (χ0) is 10.7. The molecular formula is C9H8ClF2NO. The summed E-state index contributed by atoms with van der Waals surface area (Å²) in [6.07, 6.45) is -2.16. The Morgan fingerprint density at radius 1 is 1.64 bits per heavy atom. The minimum atomic E-state index is -2.68. The largest absolute Gasteiger partial charge is 0.298 e. The maximum Gasteiger partial charge on any atom is 0.280 e. The third-order valence-corrected chi connectivity index (χ3v) is 2.15. The molecule has 0 saturated heterocycles. The van der Waals surface area contributed by atoms with Crippen molar-refractivity contribution < 1.29 is 13.6 Å². The van der Waals surface area contributed by atoms with Gasteiger partial charge in [-0.1, -0.05) is 0 Å². The molecule has 1 heterocycles. The quantitative estimate of drug-likeness (QED) is 0.578. The van der Waals surface area contributed by atoms with Crippen LogP contribution in [0.15, 0.2) is 6.07 Å². The van der Waals surface area contributed by atoms with Gasteiger partial charge in [0, 0.05) is 5.56 Å². The average molecular weight is 220 g/mol. The minimum Gasteiger partial charge on any atom is -0.298 e. The topological polar surface area (TPSA) is 30.0 Å². The van der Waals surface area contributed by atoms with Gasteiger partial charge in [-0.3, -0.25) is 9.78 Å². The van der Waals surface area contributed by atoms with Gasteiger partial charge in [0.2, 0.25) is 0 Å². The van der Waals surface area contributed by atoms with E-state index in [0.29, 0.717) is 6.29 Å². The number of hydrogen-bond acceptors (Lipinski definition) is 2. The zero-order valence-electron chi connectivity index (χ0n) is 7.43. The molecule has 76 valence electrons. The summed E-state index contributed by atoms with van der Waals surface area (Å²) in [6, 6.07) is 1.42. The molecule has 0 spiro atoms. The van der Waals surface area contributed by atoms with Crippen molar-refractivity contribution in [2.24, 2.45) is 0 Å². The SMILES string of the molecule is Cc1c(C=O)cc(CCl)nc1C(F)F. The van der Waals surface area contributed by atoms with E-state index < -0.39 is 6.43 Å². The van der Waals surface area contributed by atoms with E-state index in [1.807, 2.05) is 0 Å². The first-order chi connectivity index (χ1) is 6.60. The smallest absolute Gasteiger partial charge is 0.280 e. The van der Waals surface area contributed by atoms with Crippen LogP contribution in [0.4, 0.5) is 8.78 Å². The first-order valence-electron chi connectivity index (χ1n) is 3.89. The third-order valence-electron chi connectivity index (χ3n) is 1.87. The average Bonchev–Trinajstić information content (AvgIpc) is 2.17. The van der Waals surface area contributed by atoms with Gasteiger partial charge in [-0.05, 0) is 18.6 Å². The lowest BCUT2D eigenvalue weighted by Crippen LogP contribution is -2.02. The molecule has 1 aromatic heterocycles. The Morgan fingerprint density at radius 2 is 2.29 bits per heavy atom. The van der Waals surface area contributed by atoms with Gasteiger partial charge >= 0.3 is 0 Å². The summed E-state index contributed by atoms with van der Waals surface area (Å²) in [6.45, 7) is 1.44. The molecule has 0 saturated carbocycles. The number of aldehydes is 1. The van der Waals surface area contributed by atoms with Crippen LogP contribution < -0.4 is 0 Å². The van der Waals surface area contributed by atoms with E-state index in [1.54, 1.807) is 0 Å². The van der Waals surface area contributed by atoms with Gasteiger partial charge in [0.15, 0.2) is 0 Å². The number of rotatable bonds is 3. The molecular weight excluding hydrogens is 212 g/mol. The number of halogens is 3. The lowest BCUT2D eigenvalue weighted by atomic mass is 10.1. The van der Waals surface area contributed by atoms with Crippen molar-refractivity contribution in [1.29, 1.82) is 0 Å². The number of carbonyl (C=O) groups is 1. The Morgan fingerprint density at radius 3 is 2.71 bits per heavy atom. The molecule has 0 unspecified atom stereocenters. The fourth-order valence-corrected chi connectivity index (χ4v) is 1.25. The molecule has 0 amide bonds.